The molecule has 86 valence electrons. The normalized spacial score (nSPS) is 31.0. The lowest BCUT2D eigenvalue weighted by atomic mass is 10.1. The van der Waals surface area contributed by atoms with E-state index < -0.39 is 27.2 Å². The Kier molecular flexibility index (Phi) is 2.70. The van der Waals surface area contributed by atoms with E-state index in [9.17, 15) is 17.6 Å². The highest BCUT2D eigenvalue weighted by molar-refractivity contribution is 7.92. The predicted molar refractivity (Wildman–Crippen MR) is 52.9 cm³/mol. The number of sulfone groups is 1. The van der Waals surface area contributed by atoms with Gasteiger partial charge in [0.05, 0.1) is 18.8 Å². The molecule has 0 radical (unpaired) electrons. The van der Waals surface area contributed by atoms with Gasteiger partial charge in [0.25, 0.3) is 0 Å². The van der Waals surface area contributed by atoms with Gasteiger partial charge in [-0.3, -0.25) is 4.79 Å². The van der Waals surface area contributed by atoms with Crippen molar-refractivity contribution in [3.63, 3.8) is 0 Å². The third-order valence-electron chi connectivity index (χ3n) is 3.00. The molecule has 2 saturated heterocycles. The van der Waals surface area contributed by atoms with Crippen LogP contribution in [0.15, 0.2) is 0 Å². The van der Waals surface area contributed by atoms with Gasteiger partial charge in [-0.2, -0.15) is 0 Å². The molecule has 15 heavy (non-hydrogen) atoms. The first kappa shape index (κ1) is 10.9. The Morgan fingerprint density at radius 3 is 2.47 bits per heavy atom. The van der Waals surface area contributed by atoms with E-state index in [-0.39, 0.29) is 18.8 Å². The maximum atomic E-state index is 12.5. The van der Waals surface area contributed by atoms with Crippen LogP contribution >= 0.6 is 0 Å². The molecule has 2 fully saturated rings. The summed E-state index contributed by atoms with van der Waals surface area (Å²) in [6.07, 6.45) is 0.829. The van der Waals surface area contributed by atoms with Crippen molar-refractivity contribution in [1.82, 2.24) is 4.90 Å². The van der Waals surface area contributed by atoms with Crippen molar-refractivity contribution in [2.24, 2.45) is 0 Å². The second-order valence-corrected chi connectivity index (χ2v) is 6.49. The summed E-state index contributed by atoms with van der Waals surface area (Å²) in [4.78, 5) is 13.0. The Morgan fingerprint density at radius 1 is 1.27 bits per heavy atom. The van der Waals surface area contributed by atoms with Crippen molar-refractivity contribution in [3.8, 4) is 0 Å². The molecule has 0 spiro atoms. The predicted octanol–water partition coefficient (Wildman–Crippen LogP) is 0.134. The molecule has 1 amide bonds. The van der Waals surface area contributed by atoms with Crippen LogP contribution in [0.1, 0.15) is 19.3 Å². The zero-order valence-electron chi connectivity index (χ0n) is 8.36. The number of likely N-dealkylation sites (tertiary alicyclic amines) is 1. The first-order valence-electron chi connectivity index (χ1n) is 5.15. The molecule has 0 bridgehead atoms. The smallest absolute Gasteiger partial charge is 0.241 e. The molecular weight excluding hydrogens is 221 g/mol. The Labute approximate surface area is 88.4 Å². The molecule has 0 saturated carbocycles. The van der Waals surface area contributed by atoms with Gasteiger partial charge in [0.15, 0.2) is 9.84 Å². The van der Waals surface area contributed by atoms with Gasteiger partial charge in [-0.1, -0.05) is 6.42 Å². The van der Waals surface area contributed by atoms with E-state index in [0.717, 1.165) is 6.42 Å². The van der Waals surface area contributed by atoms with Gasteiger partial charge < -0.3 is 4.90 Å². The van der Waals surface area contributed by atoms with Gasteiger partial charge in [-0.05, 0) is 12.8 Å². The van der Waals surface area contributed by atoms with E-state index in [0.29, 0.717) is 12.8 Å². The fourth-order valence-electron chi connectivity index (χ4n) is 2.04. The summed E-state index contributed by atoms with van der Waals surface area (Å²) < 4.78 is 35.8. The van der Waals surface area contributed by atoms with E-state index in [1.54, 1.807) is 0 Å². The Balaban J connectivity index is 2.06. The quantitative estimate of drug-likeness (QED) is 0.649. The van der Waals surface area contributed by atoms with E-state index in [4.69, 9.17) is 0 Å². The van der Waals surface area contributed by atoms with Gasteiger partial charge in [-0.15, -0.1) is 0 Å². The number of hydrogen-bond donors (Lipinski definition) is 0. The molecule has 6 heteroatoms. The lowest BCUT2D eigenvalue weighted by molar-refractivity contribution is -0.137. The highest BCUT2D eigenvalue weighted by Crippen LogP contribution is 2.24. The average molecular weight is 235 g/mol. The second-order valence-electron chi connectivity index (χ2n) is 4.19. The van der Waals surface area contributed by atoms with Crippen LogP contribution in [0, 0.1) is 0 Å². The molecule has 2 heterocycles. The van der Waals surface area contributed by atoms with E-state index in [1.807, 2.05) is 0 Å². The van der Waals surface area contributed by atoms with Crippen LogP contribution in [-0.4, -0.2) is 49.5 Å². The third kappa shape index (κ3) is 2.00. The fraction of sp³-hybridized carbons (Fsp3) is 0.889. The van der Waals surface area contributed by atoms with Crippen molar-refractivity contribution in [1.29, 1.82) is 0 Å². The lowest BCUT2D eigenvalue weighted by Gasteiger charge is -2.37. The third-order valence-corrected chi connectivity index (χ3v) is 5.16. The maximum Gasteiger partial charge on any atom is 0.241 e. The van der Waals surface area contributed by atoms with Crippen LogP contribution < -0.4 is 0 Å². The summed E-state index contributed by atoms with van der Waals surface area (Å²) in [5.74, 6) is -0.306. The number of rotatable bonds is 1. The van der Waals surface area contributed by atoms with Crippen LogP contribution in [0.4, 0.5) is 4.39 Å². The number of nitrogens with zero attached hydrogens (tertiary/aromatic N) is 1. The summed E-state index contributed by atoms with van der Waals surface area (Å²) in [5, 5.41) is -0.904. The van der Waals surface area contributed by atoms with Gasteiger partial charge in [0.2, 0.25) is 5.91 Å². The van der Waals surface area contributed by atoms with Crippen molar-refractivity contribution >= 4 is 15.7 Å². The largest absolute Gasteiger partial charge is 0.336 e. The minimum Gasteiger partial charge on any atom is -0.336 e. The summed E-state index contributed by atoms with van der Waals surface area (Å²) in [6.45, 7) is 0.121. The van der Waals surface area contributed by atoms with Crippen molar-refractivity contribution in [2.45, 2.75) is 30.7 Å². The minimum atomic E-state index is -3.28. The number of carbonyl (C=O) groups excluding carboxylic acids is 1. The molecule has 0 aromatic heterocycles. The fourth-order valence-corrected chi connectivity index (χ4v) is 3.91. The summed E-state index contributed by atoms with van der Waals surface area (Å²) in [7, 11) is -3.28. The van der Waals surface area contributed by atoms with Crippen LogP contribution in [0.25, 0.3) is 0 Å². The molecular formula is C9H14FNO3S. The first-order valence-corrected chi connectivity index (χ1v) is 6.86. The van der Waals surface area contributed by atoms with Crippen molar-refractivity contribution < 1.29 is 17.6 Å². The lowest BCUT2D eigenvalue weighted by Crippen LogP contribution is -2.56. The molecule has 0 aromatic carbocycles. The zero-order valence-corrected chi connectivity index (χ0v) is 9.17. The van der Waals surface area contributed by atoms with Gasteiger partial charge >= 0.3 is 0 Å². The molecule has 4 nitrogen and oxygen atoms in total. The van der Waals surface area contributed by atoms with Gasteiger partial charge in [0, 0.05) is 0 Å². The number of amides is 1. The average Bonchev–Trinajstić information content (AvgIpc) is 2.11. The Hall–Kier alpha value is -0.650. The molecule has 1 atom stereocenters. The number of hydrogen-bond acceptors (Lipinski definition) is 3. The number of halogens is 1. The minimum absolute atomic E-state index is 0.0604. The van der Waals surface area contributed by atoms with Crippen molar-refractivity contribution in [2.75, 3.05) is 18.8 Å². The summed E-state index contributed by atoms with van der Waals surface area (Å²) >= 11 is 0. The van der Waals surface area contributed by atoms with E-state index in [2.05, 4.69) is 0 Å². The van der Waals surface area contributed by atoms with Crippen LogP contribution in [0.2, 0.25) is 0 Å². The summed E-state index contributed by atoms with van der Waals surface area (Å²) in [6, 6.07) is 0. The second kappa shape index (κ2) is 3.73. The summed E-state index contributed by atoms with van der Waals surface area (Å²) in [5.41, 5.74) is 0. The SMILES string of the molecule is O=C(C1CCCCS1(=O)=O)N1CC(F)C1. The number of alkyl halides is 1. The first-order chi connectivity index (χ1) is 7.00. The zero-order chi connectivity index (χ0) is 11.1. The molecule has 0 aliphatic carbocycles. The Bertz CT molecular complexity index is 362. The Morgan fingerprint density at radius 2 is 1.93 bits per heavy atom. The molecule has 0 N–H and O–H groups in total. The molecule has 2 rings (SSSR count). The highest BCUT2D eigenvalue weighted by atomic mass is 32.2. The molecule has 1 unspecified atom stereocenters. The van der Waals surface area contributed by atoms with Crippen LogP contribution in [-0.2, 0) is 14.6 Å². The van der Waals surface area contributed by atoms with E-state index in [1.165, 1.54) is 4.90 Å². The van der Waals surface area contributed by atoms with E-state index >= 15 is 0 Å². The molecule has 2 aliphatic rings. The maximum absolute atomic E-state index is 12.5. The molecule has 2 aliphatic heterocycles. The van der Waals surface area contributed by atoms with Gasteiger partial charge in [-0.25, -0.2) is 12.8 Å². The topological polar surface area (TPSA) is 54.5 Å². The van der Waals surface area contributed by atoms with Crippen molar-refractivity contribution in [3.05, 3.63) is 0 Å². The van der Waals surface area contributed by atoms with Crippen LogP contribution in [0.5, 0.6) is 0 Å². The standard InChI is InChI=1S/C9H14FNO3S/c10-7-5-11(6-7)9(12)8-3-1-2-4-15(8,13)14/h7-8H,1-6H2. The molecule has 0 aromatic rings. The highest BCUT2D eigenvalue weighted by Gasteiger charge is 2.41. The van der Waals surface area contributed by atoms with Gasteiger partial charge in [0.1, 0.15) is 11.4 Å². The monoisotopic (exact) mass is 235 g/mol. The number of carbonyl (C=O) groups is 1. The van der Waals surface area contributed by atoms with Crippen LogP contribution in [0.3, 0.4) is 0 Å².